The van der Waals surface area contributed by atoms with Gasteiger partial charge >= 0.3 is 0 Å². The van der Waals surface area contributed by atoms with Gasteiger partial charge in [-0.1, -0.05) is 12.1 Å². The molecule has 5 aromatic rings. The maximum atomic E-state index is 5.89. The van der Waals surface area contributed by atoms with Crippen molar-refractivity contribution in [3.8, 4) is 11.3 Å². The molecule has 0 aliphatic rings. The first-order valence-corrected chi connectivity index (χ1v) is 9.55. The van der Waals surface area contributed by atoms with Crippen LogP contribution in [0, 0.1) is 0 Å². The Labute approximate surface area is 156 Å². The average molecular weight is 376 g/mol. The van der Waals surface area contributed by atoms with E-state index in [4.69, 9.17) is 10.8 Å². The zero-order valence-corrected chi connectivity index (χ0v) is 15.0. The quantitative estimate of drug-likeness (QED) is 0.477. The minimum atomic E-state index is 0.707. The fourth-order valence-electron chi connectivity index (χ4n) is 2.69. The molecule has 0 aliphatic carbocycles. The number of nitrogen functional groups attached to an aromatic ring is 1. The van der Waals surface area contributed by atoms with Crippen LogP contribution in [-0.4, -0.2) is 24.8 Å². The van der Waals surface area contributed by atoms with E-state index in [0.717, 1.165) is 31.5 Å². The van der Waals surface area contributed by atoms with E-state index >= 15 is 0 Å². The number of rotatable bonds is 3. The molecule has 0 saturated heterocycles. The molecule has 26 heavy (non-hydrogen) atoms. The highest BCUT2D eigenvalue weighted by Crippen LogP contribution is 2.30. The van der Waals surface area contributed by atoms with E-state index in [0.29, 0.717) is 11.3 Å². The molecule has 0 amide bonds. The summed E-state index contributed by atoms with van der Waals surface area (Å²) in [5, 5.41) is 13.9. The first-order chi connectivity index (χ1) is 12.8. The largest absolute Gasteiger partial charge is 0.399 e. The molecule has 2 N–H and O–H groups in total. The lowest BCUT2D eigenvalue weighted by Crippen LogP contribution is -1.96. The van der Waals surface area contributed by atoms with E-state index < -0.39 is 0 Å². The molecule has 0 unspecified atom stereocenters. The molecule has 0 atom stereocenters. The van der Waals surface area contributed by atoms with Crippen molar-refractivity contribution < 1.29 is 0 Å². The lowest BCUT2D eigenvalue weighted by Gasteiger charge is -2.04. The summed E-state index contributed by atoms with van der Waals surface area (Å²) in [5.74, 6) is 0. The second kappa shape index (κ2) is 6.08. The van der Waals surface area contributed by atoms with Crippen molar-refractivity contribution in [2.75, 3.05) is 5.73 Å². The van der Waals surface area contributed by atoms with Crippen LogP contribution in [0.15, 0.2) is 70.2 Å². The molecule has 3 aromatic heterocycles. The van der Waals surface area contributed by atoms with Crippen molar-refractivity contribution in [3.05, 3.63) is 60.1 Å². The number of fused-ring (bicyclic) bond motifs is 2. The summed E-state index contributed by atoms with van der Waals surface area (Å²) in [7, 11) is 0. The molecule has 2 aromatic carbocycles. The lowest BCUT2D eigenvalue weighted by atomic mass is 10.1. The van der Waals surface area contributed by atoms with Crippen molar-refractivity contribution in [1.82, 2.24) is 24.8 Å². The zero-order chi connectivity index (χ0) is 17.5. The van der Waals surface area contributed by atoms with Crippen LogP contribution in [0.1, 0.15) is 0 Å². The molecule has 0 saturated carbocycles. The Balaban J connectivity index is 1.56. The van der Waals surface area contributed by atoms with Crippen molar-refractivity contribution in [1.29, 1.82) is 0 Å². The molecule has 0 fully saturated rings. The lowest BCUT2D eigenvalue weighted by molar-refractivity contribution is 0.813. The summed E-state index contributed by atoms with van der Waals surface area (Å²) in [4.78, 5) is 5.39. The van der Waals surface area contributed by atoms with Crippen LogP contribution in [0.4, 0.5) is 5.69 Å². The number of nitrogens with zero attached hydrogens (tertiary/aromatic N) is 5. The van der Waals surface area contributed by atoms with Gasteiger partial charge in [0.05, 0.1) is 21.4 Å². The molecule has 0 spiro atoms. The summed E-state index contributed by atoms with van der Waals surface area (Å²) in [6, 6.07) is 17.7. The number of hydrogen-bond donors (Lipinski definition) is 1. The third-order valence-corrected chi connectivity index (χ3v) is 5.65. The Morgan fingerprint density at radius 2 is 1.96 bits per heavy atom. The smallest absolute Gasteiger partial charge is 0.217 e. The summed E-state index contributed by atoms with van der Waals surface area (Å²) in [6.07, 6.45) is 0. The summed E-state index contributed by atoms with van der Waals surface area (Å²) < 4.78 is 2.91. The van der Waals surface area contributed by atoms with Gasteiger partial charge in [0.25, 0.3) is 0 Å². The van der Waals surface area contributed by atoms with Gasteiger partial charge in [0, 0.05) is 16.1 Å². The minimum absolute atomic E-state index is 0.707. The first kappa shape index (κ1) is 15.3. The topological polar surface area (TPSA) is 82.0 Å². The number of hydrogen-bond acceptors (Lipinski definition) is 7. The maximum absolute atomic E-state index is 5.89. The molecule has 0 radical (unpaired) electrons. The van der Waals surface area contributed by atoms with Crippen LogP contribution < -0.4 is 5.73 Å². The Bertz CT molecular complexity index is 1240. The Morgan fingerprint density at radius 1 is 1.00 bits per heavy atom. The Morgan fingerprint density at radius 3 is 2.88 bits per heavy atom. The number of anilines is 1. The van der Waals surface area contributed by atoms with Crippen molar-refractivity contribution in [2.24, 2.45) is 0 Å². The maximum Gasteiger partial charge on any atom is 0.217 e. The number of aromatic nitrogens is 5. The Kier molecular flexibility index (Phi) is 3.58. The highest BCUT2D eigenvalue weighted by Gasteiger charge is 2.11. The normalized spacial score (nSPS) is 11.4. The minimum Gasteiger partial charge on any atom is -0.399 e. The van der Waals surface area contributed by atoms with Crippen molar-refractivity contribution in [3.63, 3.8) is 0 Å². The van der Waals surface area contributed by atoms with Crippen LogP contribution in [0.5, 0.6) is 0 Å². The summed E-state index contributed by atoms with van der Waals surface area (Å²) in [6.45, 7) is 0. The third kappa shape index (κ3) is 2.69. The third-order valence-electron chi connectivity index (χ3n) is 3.93. The molecule has 126 valence electrons. The molecule has 8 heteroatoms. The molecule has 3 heterocycles. The summed E-state index contributed by atoms with van der Waals surface area (Å²) >= 11 is 3.15. The van der Waals surface area contributed by atoms with Crippen LogP contribution >= 0.6 is 23.1 Å². The number of nitrogens with two attached hydrogens (primary N) is 1. The van der Waals surface area contributed by atoms with E-state index in [2.05, 4.69) is 21.2 Å². The van der Waals surface area contributed by atoms with Gasteiger partial charge in [-0.3, -0.25) is 0 Å². The van der Waals surface area contributed by atoms with Gasteiger partial charge in [0.15, 0.2) is 5.65 Å². The molecule has 6 nitrogen and oxygen atoms in total. The first-order valence-electron chi connectivity index (χ1n) is 7.86. The van der Waals surface area contributed by atoms with Crippen LogP contribution in [0.25, 0.3) is 27.1 Å². The van der Waals surface area contributed by atoms with Crippen LogP contribution in [-0.2, 0) is 0 Å². The molecule has 0 aliphatic heterocycles. The molecular formula is C18H12N6S2. The van der Waals surface area contributed by atoms with Crippen LogP contribution in [0.3, 0.4) is 0 Å². The van der Waals surface area contributed by atoms with Gasteiger partial charge in [-0.05, 0) is 54.2 Å². The highest BCUT2D eigenvalue weighted by molar-refractivity contribution is 7.99. The molecule has 5 rings (SSSR count). The monoisotopic (exact) mass is 376 g/mol. The van der Waals surface area contributed by atoms with Crippen molar-refractivity contribution >= 4 is 44.6 Å². The van der Waals surface area contributed by atoms with E-state index in [1.165, 1.54) is 11.8 Å². The molecular weight excluding hydrogens is 364 g/mol. The molecule has 0 bridgehead atoms. The SMILES string of the molecule is Nc1cccc(-c2ccc3nnc(Sc4ccc5ncsc5c4)n3n2)c1. The van der Waals surface area contributed by atoms with Gasteiger partial charge < -0.3 is 5.73 Å². The second-order valence-electron chi connectivity index (χ2n) is 5.68. The van der Waals surface area contributed by atoms with E-state index in [1.54, 1.807) is 15.9 Å². The van der Waals surface area contributed by atoms with Gasteiger partial charge in [-0.2, -0.15) is 9.61 Å². The van der Waals surface area contributed by atoms with Gasteiger partial charge in [-0.25, -0.2) is 4.98 Å². The fraction of sp³-hybridized carbons (Fsp3) is 0. The second-order valence-corrected chi connectivity index (χ2v) is 7.61. The van der Waals surface area contributed by atoms with Gasteiger partial charge in [0.2, 0.25) is 5.16 Å². The van der Waals surface area contributed by atoms with Gasteiger partial charge in [-0.15, -0.1) is 21.5 Å². The highest BCUT2D eigenvalue weighted by atomic mass is 32.2. The van der Waals surface area contributed by atoms with Crippen molar-refractivity contribution in [2.45, 2.75) is 10.1 Å². The number of benzene rings is 2. The number of thiazole rings is 1. The van der Waals surface area contributed by atoms with Crippen LogP contribution in [0.2, 0.25) is 0 Å². The average Bonchev–Trinajstić information content (AvgIpc) is 3.28. The predicted molar refractivity (Wildman–Crippen MR) is 104 cm³/mol. The summed E-state index contributed by atoms with van der Waals surface area (Å²) in [5.41, 5.74) is 11.9. The van der Waals surface area contributed by atoms with Gasteiger partial charge in [0.1, 0.15) is 0 Å². The predicted octanol–water partition coefficient (Wildman–Crippen LogP) is 4.13. The Hall–Kier alpha value is -2.97. The fourth-order valence-corrected chi connectivity index (χ4v) is 4.31. The van der Waals surface area contributed by atoms with E-state index in [1.807, 2.05) is 54.0 Å². The van der Waals surface area contributed by atoms with E-state index in [9.17, 15) is 0 Å². The zero-order valence-electron chi connectivity index (χ0n) is 13.4. The standard InChI is InChI=1S/C18H12N6S2/c19-12-3-1-2-11(8-12)14-6-7-17-21-22-18(24(17)23-14)26-13-4-5-15-16(9-13)25-10-20-15/h1-10H,19H2. The van der Waals surface area contributed by atoms with E-state index in [-0.39, 0.29) is 0 Å².